The number of benzene rings is 1. The summed E-state index contributed by atoms with van der Waals surface area (Å²) in [5.41, 5.74) is 8.48. The van der Waals surface area contributed by atoms with E-state index in [1.54, 1.807) is 6.92 Å². The van der Waals surface area contributed by atoms with Gasteiger partial charge in [-0.25, -0.2) is 0 Å². The Kier molecular flexibility index (Phi) is 3.45. The van der Waals surface area contributed by atoms with Crippen molar-refractivity contribution in [3.63, 3.8) is 0 Å². The van der Waals surface area contributed by atoms with Gasteiger partial charge >= 0.3 is 0 Å². The highest BCUT2D eigenvalue weighted by molar-refractivity contribution is 9.10. The molecule has 2 nitrogen and oxygen atoms in total. The number of hydrogen-bond acceptors (Lipinski definition) is 2. The minimum absolute atomic E-state index is 0.0196. The molecule has 0 aliphatic rings. The van der Waals surface area contributed by atoms with Crippen LogP contribution in [0.25, 0.3) is 0 Å². The fourth-order valence-electron chi connectivity index (χ4n) is 1.22. The molecular formula is C11H14BrNO. The first-order valence-corrected chi connectivity index (χ1v) is 5.29. The molecule has 0 aromatic heterocycles. The quantitative estimate of drug-likeness (QED) is 0.826. The maximum Gasteiger partial charge on any atom is 0.179 e. The number of carbonyl (C=O) groups is 1. The number of rotatable bonds is 2. The second-order valence-corrected chi connectivity index (χ2v) is 4.41. The molecule has 3 heteroatoms. The molecule has 0 saturated carbocycles. The Balaban J connectivity index is 3.19. The Morgan fingerprint density at radius 2 is 2.00 bits per heavy atom. The number of ketones is 1. The normalized spacial score (nSPS) is 12.6. The molecule has 1 aromatic carbocycles. The second-order valence-electron chi connectivity index (χ2n) is 3.55. The van der Waals surface area contributed by atoms with Crippen molar-refractivity contribution in [1.82, 2.24) is 0 Å². The fraction of sp³-hybridized carbons (Fsp3) is 0.364. The van der Waals surface area contributed by atoms with Crippen LogP contribution in [-0.2, 0) is 0 Å². The first kappa shape index (κ1) is 11.4. The molecule has 0 bridgehead atoms. The van der Waals surface area contributed by atoms with Crippen LogP contribution < -0.4 is 5.73 Å². The van der Waals surface area contributed by atoms with Gasteiger partial charge in [0.2, 0.25) is 0 Å². The number of carbonyl (C=O) groups excluding carboxylic acids is 1. The first-order chi connectivity index (χ1) is 6.43. The van der Waals surface area contributed by atoms with E-state index in [1.807, 2.05) is 26.0 Å². The van der Waals surface area contributed by atoms with Gasteiger partial charge < -0.3 is 5.73 Å². The summed E-state index contributed by atoms with van der Waals surface area (Å²) < 4.78 is 0.960. The lowest BCUT2D eigenvalue weighted by Gasteiger charge is -2.09. The van der Waals surface area contributed by atoms with Crippen molar-refractivity contribution >= 4 is 21.7 Å². The summed E-state index contributed by atoms with van der Waals surface area (Å²) in [5, 5.41) is 0. The van der Waals surface area contributed by atoms with E-state index < -0.39 is 6.04 Å². The van der Waals surface area contributed by atoms with E-state index in [4.69, 9.17) is 5.73 Å². The van der Waals surface area contributed by atoms with Gasteiger partial charge in [0.25, 0.3) is 0 Å². The largest absolute Gasteiger partial charge is 0.321 e. The van der Waals surface area contributed by atoms with Crippen molar-refractivity contribution in [2.75, 3.05) is 0 Å². The van der Waals surface area contributed by atoms with Crippen molar-refractivity contribution in [2.24, 2.45) is 5.73 Å². The zero-order chi connectivity index (χ0) is 10.9. The molecule has 0 aliphatic carbocycles. The highest BCUT2D eigenvalue weighted by atomic mass is 79.9. The maximum absolute atomic E-state index is 11.6. The lowest BCUT2D eigenvalue weighted by Crippen LogP contribution is -2.26. The summed E-state index contributed by atoms with van der Waals surface area (Å²) in [6, 6.07) is 3.27. The minimum atomic E-state index is -0.441. The highest BCUT2D eigenvalue weighted by Gasteiger charge is 2.12. The summed E-state index contributed by atoms with van der Waals surface area (Å²) in [6.45, 7) is 5.70. The molecule has 1 unspecified atom stereocenters. The third-order valence-electron chi connectivity index (χ3n) is 2.30. The van der Waals surface area contributed by atoms with Gasteiger partial charge in [-0.2, -0.15) is 0 Å². The van der Waals surface area contributed by atoms with E-state index in [0.717, 1.165) is 15.6 Å². The predicted octanol–water partition coefficient (Wildman–Crippen LogP) is 2.60. The SMILES string of the molecule is Cc1cc(C(=O)C(C)N)cc(Br)c1C. The van der Waals surface area contributed by atoms with E-state index in [1.165, 1.54) is 0 Å². The predicted molar refractivity (Wildman–Crippen MR) is 61.6 cm³/mol. The molecule has 0 radical (unpaired) electrons. The summed E-state index contributed by atoms with van der Waals surface area (Å²) in [5.74, 6) is -0.0196. The Hall–Kier alpha value is -0.670. The molecule has 1 aromatic rings. The van der Waals surface area contributed by atoms with E-state index >= 15 is 0 Å². The maximum atomic E-state index is 11.6. The van der Waals surface area contributed by atoms with Crippen LogP contribution in [0.1, 0.15) is 28.4 Å². The molecule has 0 spiro atoms. The number of aryl methyl sites for hydroxylation is 1. The van der Waals surface area contributed by atoms with Gasteiger partial charge in [0, 0.05) is 10.0 Å². The van der Waals surface area contributed by atoms with Crippen LogP contribution in [0.3, 0.4) is 0 Å². The highest BCUT2D eigenvalue weighted by Crippen LogP contribution is 2.22. The molecule has 1 rings (SSSR count). The standard InChI is InChI=1S/C11H14BrNO/c1-6-4-9(11(14)8(3)13)5-10(12)7(6)2/h4-5,8H,13H2,1-3H3. The molecule has 0 amide bonds. The Bertz CT molecular complexity index is 349. The van der Waals surface area contributed by atoms with Crippen molar-refractivity contribution in [3.05, 3.63) is 33.3 Å². The summed E-state index contributed by atoms with van der Waals surface area (Å²) in [7, 11) is 0. The van der Waals surface area contributed by atoms with Crippen LogP contribution in [0.2, 0.25) is 0 Å². The van der Waals surface area contributed by atoms with Gasteiger partial charge in [0.1, 0.15) is 0 Å². The van der Waals surface area contributed by atoms with Crippen LogP contribution >= 0.6 is 15.9 Å². The van der Waals surface area contributed by atoms with Gasteiger partial charge in [-0.3, -0.25) is 4.79 Å². The molecule has 0 aliphatic heterocycles. The van der Waals surface area contributed by atoms with Crippen molar-refractivity contribution < 1.29 is 4.79 Å². The van der Waals surface area contributed by atoms with Gasteiger partial charge in [0.05, 0.1) is 6.04 Å². The number of nitrogens with two attached hydrogens (primary N) is 1. The molecule has 14 heavy (non-hydrogen) atoms. The third-order valence-corrected chi connectivity index (χ3v) is 3.13. The zero-order valence-electron chi connectivity index (χ0n) is 8.60. The van der Waals surface area contributed by atoms with E-state index in [-0.39, 0.29) is 5.78 Å². The molecular weight excluding hydrogens is 242 g/mol. The van der Waals surface area contributed by atoms with Crippen LogP contribution in [0.15, 0.2) is 16.6 Å². The lowest BCUT2D eigenvalue weighted by atomic mass is 10.0. The fourth-order valence-corrected chi connectivity index (χ4v) is 1.78. The van der Waals surface area contributed by atoms with Crippen LogP contribution in [0.4, 0.5) is 0 Å². The van der Waals surface area contributed by atoms with Crippen molar-refractivity contribution in [1.29, 1.82) is 0 Å². The van der Waals surface area contributed by atoms with Crippen molar-refractivity contribution in [2.45, 2.75) is 26.8 Å². The van der Waals surface area contributed by atoms with Gasteiger partial charge in [0.15, 0.2) is 5.78 Å². The Morgan fingerprint density at radius 1 is 1.43 bits per heavy atom. The topological polar surface area (TPSA) is 43.1 Å². The van der Waals surface area contributed by atoms with Crippen molar-refractivity contribution in [3.8, 4) is 0 Å². The van der Waals surface area contributed by atoms with Gasteiger partial charge in [-0.1, -0.05) is 15.9 Å². The van der Waals surface area contributed by atoms with E-state index in [9.17, 15) is 4.79 Å². The number of hydrogen-bond donors (Lipinski definition) is 1. The summed E-state index contributed by atoms with van der Waals surface area (Å²) in [4.78, 5) is 11.6. The second kappa shape index (κ2) is 4.24. The molecule has 1 atom stereocenters. The van der Waals surface area contributed by atoms with Gasteiger partial charge in [-0.05, 0) is 44.0 Å². The smallest absolute Gasteiger partial charge is 0.179 e. The zero-order valence-corrected chi connectivity index (χ0v) is 10.2. The van der Waals surface area contributed by atoms with Crippen LogP contribution in [-0.4, -0.2) is 11.8 Å². The summed E-state index contributed by atoms with van der Waals surface area (Å²) >= 11 is 3.42. The van der Waals surface area contributed by atoms with E-state index in [2.05, 4.69) is 15.9 Å². The van der Waals surface area contributed by atoms with Crippen LogP contribution in [0.5, 0.6) is 0 Å². The first-order valence-electron chi connectivity index (χ1n) is 4.50. The summed E-state index contributed by atoms with van der Waals surface area (Å²) in [6.07, 6.45) is 0. The minimum Gasteiger partial charge on any atom is -0.321 e. The average molecular weight is 256 g/mol. The number of Topliss-reactive ketones (excluding diaryl/α,β-unsaturated/α-hetero) is 1. The molecule has 0 fully saturated rings. The monoisotopic (exact) mass is 255 g/mol. The van der Waals surface area contributed by atoms with Gasteiger partial charge in [-0.15, -0.1) is 0 Å². The van der Waals surface area contributed by atoms with E-state index in [0.29, 0.717) is 5.56 Å². The molecule has 0 heterocycles. The molecule has 76 valence electrons. The Labute approximate surface area is 92.6 Å². The Morgan fingerprint density at radius 3 is 2.43 bits per heavy atom. The third kappa shape index (κ3) is 2.22. The molecule has 2 N–H and O–H groups in total. The molecule has 0 saturated heterocycles. The average Bonchev–Trinajstić information content (AvgIpc) is 2.12. The lowest BCUT2D eigenvalue weighted by molar-refractivity contribution is 0.0968. The van der Waals surface area contributed by atoms with Crippen LogP contribution in [0, 0.1) is 13.8 Å². The number of halogens is 1.